The molecular weight excluding hydrogens is 496 g/mol. The van der Waals surface area contributed by atoms with Crippen molar-refractivity contribution < 1.29 is 0 Å². The van der Waals surface area contributed by atoms with Gasteiger partial charge in [0.15, 0.2) is 10.9 Å². The third-order valence-electron chi connectivity index (χ3n) is 5.14. The summed E-state index contributed by atoms with van der Waals surface area (Å²) in [7, 11) is 0. The number of halogens is 1. The van der Waals surface area contributed by atoms with Crippen molar-refractivity contribution >= 4 is 46.4 Å². The van der Waals surface area contributed by atoms with Gasteiger partial charge in [0.1, 0.15) is 11.6 Å². The molecular formula is C24H19ClN10S. The van der Waals surface area contributed by atoms with Gasteiger partial charge in [-0.15, -0.1) is 0 Å². The van der Waals surface area contributed by atoms with Gasteiger partial charge in [0.2, 0.25) is 5.95 Å². The van der Waals surface area contributed by atoms with Crippen LogP contribution in [0.25, 0.3) is 22.5 Å². The van der Waals surface area contributed by atoms with Crippen molar-refractivity contribution in [3.8, 4) is 22.5 Å². The fraction of sp³-hybridized carbons (Fsp3) is 0.0417. The Kier molecular flexibility index (Phi) is 6.74. The Morgan fingerprint density at radius 1 is 0.917 bits per heavy atom. The summed E-state index contributed by atoms with van der Waals surface area (Å²) in [6.45, 7) is 0. The van der Waals surface area contributed by atoms with Crippen LogP contribution in [0.1, 0.15) is 11.4 Å². The van der Waals surface area contributed by atoms with Gasteiger partial charge in [-0.05, 0) is 65.8 Å². The van der Waals surface area contributed by atoms with E-state index in [-0.39, 0.29) is 5.95 Å². The predicted octanol–water partition coefficient (Wildman–Crippen LogP) is 4.35. The van der Waals surface area contributed by atoms with Crippen LogP contribution in [0.5, 0.6) is 0 Å². The molecule has 0 aliphatic carbocycles. The molecule has 0 radical (unpaired) electrons. The Hall–Kier alpha value is -4.48. The molecule has 10 nitrogen and oxygen atoms in total. The van der Waals surface area contributed by atoms with E-state index < -0.39 is 0 Å². The van der Waals surface area contributed by atoms with E-state index in [4.69, 9.17) is 29.6 Å². The number of thiocarbonyl (C=S) groups is 1. The lowest BCUT2D eigenvalue weighted by atomic mass is 10.1. The molecule has 0 atom stereocenters. The van der Waals surface area contributed by atoms with Crippen molar-refractivity contribution in [2.45, 2.75) is 6.42 Å². The van der Waals surface area contributed by atoms with Gasteiger partial charge in [0.05, 0.1) is 0 Å². The van der Waals surface area contributed by atoms with Gasteiger partial charge in [-0.2, -0.15) is 5.10 Å². The molecule has 4 aromatic heterocycles. The lowest BCUT2D eigenvalue weighted by Crippen LogP contribution is -2.19. The molecule has 0 saturated carbocycles. The molecule has 0 amide bonds. The van der Waals surface area contributed by atoms with E-state index in [0.29, 0.717) is 34.0 Å². The standard InChI is InChI=1S/C24H19ClN10S/c25-19-2-1-18(9-16(19)11-21-32-22(35-34-21)14-3-6-27-7-4-14)31-24(36)33-20-10-15(5-8-28-20)17-12-29-23(26)30-13-17/h1-10,12-13H,11H2,(H2,26,29,30)(H,32,34,35)(H2,28,31,33,36). The van der Waals surface area contributed by atoms with Gasteiger partial charge in [0.25, 0.3) is 0 Å². The van der Waals surface area contributed by atoms with Crippen molar-refractivity contribution in [1.82, 2.24) is 35.1 Å². The molecule has 5 rings (SSSR count). The molecule has 4 heterocycles. The summed E-state index contributed by atoms with van der Waals surface area (Å²) in [4.78, 5) is 21.0. The fourth-order valence-electron chi connectivity index (χ4n) is 3.42. The Morgan fingerprint density at radius 2 is 1.69 bits per heavy atom. The Bertz CT molecular complexity index is 1510. The summed E-state index contributed by atoms with van der Waals surface area (Å²) in [6.07, 6.45) is 8.86. The smallest absolute Gasteiger partial charge is 0.219 e. The number of nitrogens with one attached hydrogen (secondary N) is 3. The van der Waals surface area contributed by atoms with Gasteiger partial charge in [-0.3, -0.25) is 10.1 Å². The van der Waals surface area contributed by atoms with Crippen LogP contribution >= 0.6 is 23.8 Å². The largest absolute Gasteiger partial charge is 0.368 e. The molecule has 12 heteroatoms. The van der Waals surface area contributed by atoms with Crippen LogP contribution in [-0.2, 0) is 6.42 Å². The zero-order valence-electron chi connectivity index (χ0n) is 18.7. The second-order valence-electron chi connectivity index (χ2n) is 7.66. The maximum absolute atomic E-state index is 6.45. The molecule has 0 unspecified atom stereocenters. The maximum Gasteiger partial charge on any atom is 0.219 e. The molecule has 0 saturated heterocycles. The van der Waals surface area contributed by atoms with E-state index in [1.165, 1.54) is 0 Å². The number of H-pyrrole nitrogens is 1. The van der Waals surface area contributed by atoms with Gasteiger partial charge >= 0.3 is 0 Å². The van der Waals surface area contributed by atoms with E-state index in [2.05, 4.69) is 45.8 Å². The average molecular weight is 515 g/mol. The zero-order chi connectivity index (χ0) is 24.9. The minimum absolute atomic E-state index is 0.219. The van der Waals surface area contributed by atoms with Gasteiger partial charge in [-0.1, -0.05) is 11.6 Å². The zero-order valence-corrected chi connectivity index (χ0v) is 20.3. The van der Waals surface area contributed by atoms with E-state index in [0.717, 1.165) is 27.9 Å². The second-order valence-corrected chi connectivity index (χ2v) is 8.48. The van der Waals surface area contributed by atoms with Crippen molar-refractivity contribution in [3.63, 3.8) is 0 Å². The molecule has 1 aromatic carbocycles. The highest BCUT2D eigenvalue weighted by atomic mass is 35.5. The number of nitrogens with two attached hydrogens (primary N) is 1. The van der Waals surface area contributed by atoms with E-state index in [9.17, 15) is 0 Å². The number of benzene rings is 1. The van der Waals surface area contributed by atoms with Crippen molar-refractivity contribution in [1.29, 1.82) is 0 Å². The highest BCUT2D eigenvalue weighted by Crippen LogP contribution is 2.24. The molecule has 0 aliphatic heterocycles. The van der Waals surface area contributed by atoms with Crippen LogP contribution in [0.15, 0.2) is 73.4 Å². The number of nitrogens with zero attached hydrogens (tertiary/aromatic N) is 6. The number of pyridine rings is 2. The van der Waals surface area contributed by atoms with Gasteiger partial charge in [0, 0.05) is 59.2 Å². The van der Waals surface area contributed by atoms with Crippen LogP contribution in [0.4, 0.5) is 17.5 Å². The highest BCUT2D eigenvalue weighted by Gasteiger charge is 2.10. The fourth-order valence-corrected chi connectivity index (χ4v) is 3.82. The van der Waals surface area contributed by atoms with Gasteiger partial charge < -0.3 is 16.4 Å². The summed E-state index contributed by atoms with van der Waals surface area (Å²) in [5.74, 6) is 2.08. The Balaban J connectivity index is 1.26. The maximum atomic E-state index is 6.45. The third kappa shape index (κ3) is 5.59. The molecule has 0 aliphatic rings. The number of aromatic nitrogens is 7. The minimum atomic E-state index is 0.219. The van der Waals surface area contributed by atoms with Crippen LogP contribution in [0, 0.1) is 0 Å². The van der Waals surface area contributed by atoms with Gasteiger partial charge in [-0.25, -0.2) is 19.9 Å². The average Bonchev–Trinajstić information content (AvgIpc) is 3.36. The SMILES string of the molecule is Nc1ncc(-c2ccnc(NC(=S)Nc3ccc(Cl)c(Cc4nc(-c5ccncc5)n[nH]4)c3)c2)cn1. The Labute approximate surface area is 216 Å². The van der Waals surface area contributed by atoms with Crippen molar-refractivity contribution in [2.75, 3.05) is 16.4 Å². The van der Waals surface area contributed by atoms with Crippen LogP contribution in [0.2, 0.25) is 5.02 Å². The number of hydrogen-bond acceptors (Lipinski definition) is 8. The lowest BCUT2D eigenvalue weighted by molar-refractivity contribution is 0.973. The van der Waals surface area contributed by atoms with E-state index >= 15 is 0 Å². The minimum Gasteiger partial charge on any atom is -0.368 e. The molecule has 0 fully saturated rings. The van der Waals surface area contributed by atoms with Crippen LogP contribution in [0.3, 0.4) is 0 Å². The first-order valence-corrected chi connectivity index (χ1v) is 11.5. The van der Waals surface area contributed by atoms with Crippen molar-refractivity contribution in [2.24, 2.45) is 0 Å². The Morgan fingerprint density at radius 3 is 2.50 bits per heavy atom. The summed E-state index contributed by atoms with van der Waals surface area (Å²) in [5, 5.41) is 14.5. The third-order valence-corrected chi connectivity index (χ3v) is 5.71. The number of anilines is 3. The molecule has 5 aromatic rings. The number of hydrogen-bond donors (Lipinski definition) is 4. The van der Waals surface area contributed by atoms with E-state index in [1.54, 1.807) is 31.0 Å². The predicted molar refractivity (Wildman–Crippen MR) is 143 cm³/mol. The topological polar surface area (TPSA) is 143 Å². The summed E-state index contributed by atoms with van der Waals surface area (Å²) in [6, 6.07) is 13.0. The molecule has 36 heavy (non-hydrogen) atoms. The molecule has 0 spiro atoms. The second kappa shape index (κ2) is 10.4. The van der Waals surface area contributed by atoms with Crippen LogP contribution < -0.4 is 16.4 Å². The molecule has 178 valence electrons. The number of rotatable bonds is 6. The quantitative estimate of drug-likeness (QED) is 0.241. The molecule has 5 N–H and O–H groups in total. The summed E-state index contributed by atoms with van der Waals surface area (Å²) < 4.78 is 0. The summed E-state index contributed by atoms with van der Waals surface area (Å²) >= 11 is 11.9. The highest BCUT2D eigenvalue weighted by molar-refractivity contribution is 7.80. The van der Waals surface area contributed by atoms with Crippen LogP contribution in [-0.4, -0.2) is 40.2 Å². The monoisotopic (exact) mass is 514 g/mol. The normalized spacial score (nSPS) is 10.7. The lowest BCUT2D eigenvalue weighted by Gasteiger charge is -2.12. The first kappa shape index (κ1) is 23.3. The number of aromatic amines is 1. The van der Waals surface area contributed by atoms with E-state index in [1.807, 2.05) is 42.5 Å². The first-order valence-electron chi connectivity index (χ1n) is 10.8. The molecule has 0 bridgehead atoms. The first-order chi connectivity index (χ1) is 17.5. The summed E-state index contributed by atoms with van der Waals surface area (Å²) in [5.41, 5.74) is 9.78. The van der Waals surface area contributed by atoms with Crippen molar-refractivity contribution in [3.05, 3.63) is 89.9 Å². The number of nitrogen functional groups attached to an aromatic ring is 1.